The highest BCUT2D eigenvalue weighted by Gasteiger charge is 2.10. The molecule has 0 spiro atoms. The van der Waals surface area contributed by atoms with Gasteiger partial charge in [-0.2, -0.15) is 0 Å². The van der Waals surface area contributed by atoms with Gasteiger partial charge in [-0.05, 0) is 37.6 Å². The normalized spacial score (nSPS) is 12.9. The van der Waals surface area contributed by atoms with Gasteiger partial charge in [-0.25, -0.2) is 13.6 Å². The predicted octanol–water partition coefficient (Wildman–Crippen LogP) is 1.53. The molecule has 0 aliphatic rings. The van der Waals surface area contributed by atoms with E-state index in [1.54, 1.807) is 12.1 Å². The first kappa shape index (κ1) is 15.7. The average Bonchev–Trinajstić information content (AvgIpc) is 2.37. The fourth-order valence-electron chi connectivity index (χ4n) is 1.64. The number of hydrogen-bond acceptors (Lipinski definition) is 4. The third-order valence-corrected chi connectivity index (χ3v) is 3.60. The molecule has 0 saturated heterocycles. The SMILES string of the molecule is C=COCCCNC(C)c1cccc(S(N)(=O)=O)c1. The monoisotopic (exact) mass is 284 g/mol. The van der Waals surface area contributed by atoms with Crippen molar-refractivity contribution in [3.63, 3.8) is 0 Å². The molecule has 0 saturated carbocycles. The summed E-state index contributed by atoms with van der Waals surface area (Å²) in [5.41, 5.74) is 0.885. The van der Waals surface area contributed by atoms with E-state index < -0.39 is 10.0 Å². The number of nitrogens with one attached hydrogen (secondary N) is 1. The Morgan fingerprint density at radius 3 is 2.89 bits per heavy atom. The van der Waals surface area contributed by atoms with E-state index in [1.165, 1.54) is 12.3 Å². The van der Waals surface area contributed by atoms with Gasteiger partial charge in [-0.15, -0.1) is 0 Å². The molecule has 1 unspecified atom stereocenters. The van der Waals surface area contributed by atoms with E-state index in [0.717, 1.165) is 18.5 Å². The first-order chi connectivity index (χ1) is 8.95. The van der Waals surface area contributed by atoms with Crippen molar-refractivity contribution in [1.82, 2.24) is 5.32 Å². The Balaban J connectivity index is 2.57. The van der Waals surface area contributed by atoms with Gasteiger partial charge in [0.25, 0.3) is 0 Å². The van der Waals surface area contributed by atoms with Gasteiger partial charge in [0.05, 0.1) is 17.8 Å². The van der Waals surface area contributed by atoms with Crippen LogP contribution in [0.1, 0.15) is 24.9 Å². The van der Waals surface area contributed by atoms with Crippen LogP contribution in [0.4, 0.5) is 0 Å². The predicted molar refractivity (Wildman–Crippen MR) is 75.0 cm³/mol. The van der Waals surface area contributed by atoms with Gasteiger partial charge in [0.15, 0.2) is 0 Å². The Morgan fingerprint density at radius 2 is 2.26 bits per heavy atom. The number of primary sulfonamides is 1. The Morgan fingerprint density at radius 1 is 1.53 bits per heavy atom. The second kappa shape index (κ2) is 7.28. The number of benzene rings is 1. The summed E-state index contributed by atoms with van der Waals surface area (Å²) in [7, 11) is -3.65. The molecule has 0 bridgehead atoms. The van der Waals surface area contributed by atoms with E-state index in [4.69, 9.17) is 9.88 Å². The van der Waals surface area contributed by atoms with E-state index in [1.807, 2.05) is 13.0 Å². The maximum absolute atomic E-state index is 11.3. The summed E-state index contributed by atoms with van der Waals surface area (Å²) in [5, 5.41) is 8.39. The Hall–Kier alpha value is -1.37. The second-order valence-electron chi connectivity index (χ2n) is 4.18. The zero-order chi connectivity index (χ0) is 14.3. The molecule has 0 heterocycles. The molecule has 0 radical (unpaired) electrons. The Bertz CT molecular complexity index is 514. The van der Waals surface area contributed by atoms with Crippen molar-refractivity contribution in [3.05, 3.63) is 42.7 Å². The highest BCUT2D eigenvalue weighted by atomic mass is 32.2. The van der Waals surface area contributed by atoms with Gasteiger partial charge in [-0.1, -0.05) is 18.7 Å². The Kier molecular flexibility index (Phi) is 6.01. The van der Waals surface area contributed by atoms with Crippen molar-refractivity contribution in [1.29, 1.82) is 0 Å². The standard InChI is InChI=1S/C13H20N2O3S/c1-3-18-9-5-8-15-11(2)12-6-4-7-13(10-12)19(14,16)17/h3-4,6-7,10-11,15H,1,5,8-9H2,2H3,(H2,14,16,17). The summed E-state index contributed by atoms with van der Waals surface area (Å²) >= 11 is 0. The van der Waals surface area contributed by atoms with Gasteiger partial charge in [-0.3, -0.25) is 0 Å². The fourth-order valence-corrected chi connectivity index (χ4v) is 2.20. The molecule has 0 amide bonds. The average molecular weight is 284 g/mol. The van der Waals surface area contributed by atoms with Gasteiger partial charge in [0, 0.05) is 6.04 Å². The summed E-state index contributed by atoms with van der Waals surface area (Å²) in [4.78, 5) is 0.133. The summed E-state index contributed by atoms with van der Waals surface area (Å²) < 4.78 is 27.6. The van der Waals surface area contributed by atoms with E-state index in [2.05, 4.69) is 11.9 Å². The van der Waals surface area contributed by atoms with Crippen LogP contribution in [0.5, 0.6) is 0 Å². The van der Waals surface area contributed by atoms with Gasteiger partial charge < -0.3 is 10.1 Å². The molecule has 5 nitrogen and oxygen atoms in total. The third-order valence-electron chi connectivity index (χ3n) is 2.69. The summed E-state index contributed by atoms with van der Waals surface area (Å²) in [6.45, 7) is 6.82. The van der Waals surface area contributed by atoms with E-state index in [0.29, 0.717) is 6.61 Å². The molecule has 0 fully saturated rings. The minimum absolute atomic E-state index is 0.0467. The molecule has 3 N–H and O–H groups in total. The number of rotatable bonds is 8. The van der Waals surface area contributed by atoms with E-state index >= 15 is 0 Å². The lowest BCUT2D eigenvalue weighted by molar-refractivity contribution is 0.243. The molecule has 0 aliphatic carbocycles. The fraction of sp³-hybridized carbons (Fsp3) is 0.385. The maximum atomic E-state index is 11.3. The second-order valence-corrected chi connectivity index (χ2v) is 5.75. The van der Waals surface area contributed by atoms with Gasteiger partial charge >= 0.3 is 0 Å². The molecule has 1 aromatic rings. The largest absolute Gasteiger partial charge is 0.502 e. The van der Waals surface area contributed by atoms with Gasteiger partial charge in [0.2, 0.25) is 10.0 Å². The van der Waals surface area contributed by atoms with Crippen LogP contribution < -0.4 is 10.5 Å². The van der Waals surface area contributed by atoms with Crippen LogP contribution in [0.15, 0.2) is 42.0 Å². The van der Waals surface area contributed by atoms with Crippen molar-refractivity contribution < 1.29 is 13.2 Å². The Labute approximate surface area is 114 Å². The summed E-state index contributed by atoms with van der Waals surface area (Å²) in [6, 6.07) is 6.68. The molecule has 1 rings (SSSR count). The molecular weight excluding hydrogens is 264 g/mol. The van der Waals surface area contributed by atoms with Crippen LogP contribution in [-0.2, 0) is 14.8 Å². The molecule has 1 aromatic carbocycles. The van der Waals surface area contributed by atoms with Crippen molar-refractivity contribution in [2.45, 2.75) is 24.3 Å². The van der Waals surface area contributed by atoms with E-state index in [9.17, 15) is 8.42 Å². The summed E-state index contributed by atoms with van der Waals surface area (Å²) in [6.07, 6.45) is 2.27. The first-order valence-electron chi connectivity index (χ1n) is 6.04. The van der Waals surface area contributed by atoms with Crippen LogP contribution in [0.25, 0.3) is 0 Å². The van der Waals surface area contributed by atoms with Crippen molar-refractivity contribution >= 4 is 10.0 Å². The third kappa shape index (κ3) is 5.42. The minimum atomic E-state index is -3.65. The maximum Gasteiger partial charge on any atom is 0.238 e. The van der Waals surface area contributed by atoms with Crippen LogP contribution in [0.3, 0.4) is 0 Å². The van der Waals surface area contributed by atoms with E-state index in [-0.39, 0.29) is 10.9 Å². The lowest BCUT2D eigenvalue weighted by Crippen LogP contribution is -2.21. The molecule has 106 valence electrons. The highest BCUT2D eigenvalue weighted by Crippen LogP contribution is 2.16. The highest BCUT2D eigenvalue weighted by molar-refractivity contribution is 7.89. The zero-order valence-corrected chi connectivity index (χ0v) is 11.8. The number of nitrogens with two attached hydrogens (primary N) is 1. The molecule has 1 atom stereocenters. The first-order valence-corrected chi connectivity index (χ1v) is 7.58. The topological polar surface area (TPSA) is 81.4 Å². The molecule has 0 aliphatic heterocycles. The van der Waals surface area contributed by atoms with Crippen LogP contribution >= 0.6 is 0 Å². The quantitative estimate of drug-likeness (QED) is 0.560. The molecule has 19 heavy (non-hydrogen) atoms. The smallest absolute Gasteiger partial charge is 0.238 e. The number of ether oxygens (including phenoxy) is 1. The lowest BCUT2D eigenvalue weighted by atomic mass is 10.1. The zero-order valence-electron chi connectivity index (χ0n) is 11.0. The van der Waals surface area contributed by atoms with Crippen molar-refractivity contribution in [3.8, 4) is 0 Å². The molecule has 6 heteroatoms. The number of hydrogen-bond donors (Lipinski definition) is 2. The van der Waals surface area contributed by atoms with Crippen LogP contribution in [0, 0.1) is 0 Å². The van der Waals surface area contributed by atoms with Crippen molar-refractivity contribution in [2.24, 2.45) is 5.14 Å². The summed E-state index contributed by atoms with van der Waals surface area (Å²) in [5.74, 6) is 0. The van der Waals surface area contributed by atoms with Crippen molar-refractivity contribution in [2.75, 3.05) is 13.2 Å². The molecular formula is C13H20N2O3S. The van der Waals surface area contributed by atoms with Crippen LogP contribution in [0.2, 0.25) is 0 Å². The minimum Gasteiger partial charge on any atom is -0.502 e. The molecule has 0 aromatic heterocycles. The van der Waals surface area contributed by atoms with Crippen LogP contribution in [-0.4, -0.2) is 21.6 Å². The number of sulfonamides is 1. The van der Waals surface area contributed by atoms with Gasteiger partial charge in [0.1, 0.15) is 0 Å². The lowest BCUT2D eigenvalue weighted by Gasteiger charge is -2.14.